The molecule has 4 aromatic carbocycles. The van der Waals surface area contributed by atoms with E-state index in [0.717, 1.165) is 65.5 Å². The lowest BCUT2D eigenvalue weighted by atomic mass is 9.94. The summed E-state index contributed by atoms with van der Waals surface area (Å²) in [5.74, 6) is -0.668. The van der Waals surface area contributed by atoms with Gasteiger partial charge in [-0.15, -0.1) is 0 Å². The summed E-state index contributed by atoms with van der Waals surface area (Å²) in [5.41, 5.74) is 6.06. The second-order valence-electron chi connectivity index (χ2n) is 13.1. The van der Waals surface area contributed by atoms with E-state index in [2.05, 4.69) is 5.32 Å². The number of carbonyl (C=O) groups is 2. The Morgan fingerprint density at radius 1 is 0.771 bits per heavy atom. The SMILES string of the molecule is Cc1ccc(S(=O)(=O)N(CC(=O)N(Cc2ccccc2C)[C@H](Cc2ccccc2)C(=O)NC2CCCCC2)c2ccc(C)c(C)c2)cc1. The summed E-state index contributed by atoms with van der Waals surface area (Å²) in [5, 5.41) is 3.27. The first-order valence-electron chi connectivity index (χ1n) is 16.9. The zero-order valence-corrected chi connectivity index (χ0v) is 29.3. The maximum atomic E-state index is 14.8. The van der Waals surface area contributed by atoms with Crippen molar-refractivity contribution in [2.24, 2.45) is 0 Å². The summed E-state index contributed by atoms with van der Waals surface area (Å²) in [6.07, 6.45) is 5.38. The van der Waals surface area contributed by atoms with Crippen LogP contribution in [0.4, 0.5) is 5.69 Å². The van der Waals surface area contributed by atoms with Gasteiger partial charge in [-0.2, -0.15) is 0 Å². The molecule has 0 saturated heterocycles. The van der Waals surface area contributed by atoms with Crippen LogP contribution in [0.25, 0.3) is 0 Å². The topological polar surface area (TPSA) is 86.8 Å². The molecule has 2 amide bonds. The molecule has 1 aliphatic carbocycles. The fraction of sp³-hybridized carbons (Fsp3) is 0.350. The number of amides is 2. The Hall–Kier alpha value is -4.43. The van der Waals surface area contributed by atoms with Crippen molar-refractivity contribution in [3.63, 3.8) is 0 Å². The van der Waals surface area contributed by atoms with E-state index in [1.165, 1.54) is 4.31 Å². The Bertz CT molecular complexity index is 1820. The van der Waals surface area contributed by atoms with Crippen LogP contribution in [-0.2, 0) is 32.6 Å². The Labute approximate surface area is 286 Å². The predicted octanol–water partition coefficient (Wildman–Crippen LogP) is 7.20. The monoisotopic (exact) mass is 665 g/mol. The first kappa shape index (κ1) is 34.9. The quantitative estimate of drug-likeness (QED) is 0.173. The van der Waals surface area contributed by atoms with Crippen LogP contribution in [0.1, 0.15) is 65.5 Å². The molecule has 1 atom stereocenters. The maximum absolute atomic E-state index is 14.8. The minimum absolute atomic E-state index is 0.0499. The van der Waals surface area contributed by atoms with E-state index in [-0.39, 0.29) is 23.4 Å². The van der Waals surface area contributed by atoms with Crippen LogP contribution >= 0.6 is 0 Å². The zero-order valence-electron chi connectivity index (χ0n) is 28.5. The normalized spacial score (nSPS) is 14.2. The average Bonchev–Trinajstić information content (AvgIpc) is 3.08. The van der Waals surface area contributed by atoms with Gasteiger partial charge in [0, 0.05) is 19.0 Å². The van der Waals surface area contributed by atoms with E-state index in [0.29, 0.717) is 12.1 Å². The molecule has 0 spiro atoms. The third kappa shape index (κ3) is 8.53. The number of nitrogens with zero attached hydrogens (tertiary/aromatic N) is 2. The van der Waals surface area contributed by atoms with Gasteiger partial charge in [-0.25, -0.2) is 8.42 Å². The first-order chi connectivity index (χ1) is 23.0. The number of nitrogens with one attached hydrogen (secondary N) is 1. The van der Waals surface area contributed by atoms with E-state index in [4.69, 9.17) is 0 Å². The molecule has 252 valence electrons. The van der Waals surface area contributed by atoms with Crippen LogP contribution in [0.3, 0.4) is 0 Å². The van der Waals surface area contributed by atoms with E-state index < -0.39 is 28.5 Å². The molecule has 48 heavy (non-hydrogen) atoms. The van der Waals surface area contributed by atoms with Gasteiger partial charge in [0.15, 0.2) is 0 Å². The largest absolute Gasteiger partial charge is 0.352 e. The highest BCUT2D eigenvalue weighted by atomic mass is 32.2. The van der Waals surface area contributed by atoms with Gasteiger partial charge in [0.1, 0.15) is 12.6 Å². The maximum Gasteiger partial charge on any atom is 0.264 e. The third-order valence-corrected chi connectivity index (χ3v) is 11.3. The Balaban J connectivity index is 1.58. The molecule has 0 radical (unpaired) electrons. The third-order valence-electron chi connectivity index (χ3n) is 9.49. The van der Waals surface area contributed by atoms with Gasteiger partial charge in [0.05, 0.1) is 10.6 Å². The molecule has 0 aliphatic heterocycles. The molecular weight excluding hydrogens is 619 g/mol. The summed E-state index contributed by atoms with van der Waals surface area (Å²) in [6, 6.07) is 28.8. The summed E-state index contributed by atoms with van der Waals surface area (Å²) in [6.45, 7) is 7.46. The van der Waals surface area contributed by atoms with Gasteiger partial charge in [0.2, 0.25) is 11.8 Å². The van der Waals surface area contributed by atoms with Crippen molar-refractivity contribution < 1.29 is 18.0 Å². The number of carbonyl (C=O) groups excluding carboxylic acids is 2. The van der Waals surface area contributed by atoms with Crippen LogP contribution in [-0.4, -0.2) is 43.8 Å². The smallest absolute Gasteiger partial charge is 0.264 e. The number of hydrogen-bond donors (Lipinski definition) is 1. The molecule has 0 aromatic heterocycles. The lowest BCUT2D eigenvalue weighted by Gasteiger charge is -2.35. The van der Waals surface area contributed by atoms with Crippen molar-refractivity contribution in [1.29, 1.82) is 0 Å². The number of rotatable bonds is 12. The molecule has 0 bridgehead atoms. The van der Waals surface area contributed by atoms with Gasteiger partial charge >= 0.3 is 0 Å². The van der Waals surface area contributed by atoms with E-state index >= 15 is 0 Å². The minimum Gasteiger partial charge on any atom is -0.352 e. The lowest BCUT2D eigenvalue weighted by molar-refractivity contribution is -0.140. The first-order valence-corrected chi connectivity index (χ1v) is 18.3. The Morgan fingerprint density at radius 2 is 1.44 bits per heavy atom. The van der Waals surface area contributed by atoms with Gasteiger partial charge in [-0.3, -0.25) is 13.9 Å². The number of anilines is 1. The second kappa shape index (κ2) is 15.6. The lowest BCUT2D eigenvalue weighted by Crippen LogP contribution is -2.55. The van der Waals surface area contributed by atoms with Crippen LogP contribution in [0.15, 0.2) is 102 Å². The highest BCUT2D eigenvalue weighted by Gasteiger charge is 2.35. The Kier molecular flexibility index (Phi) is 11.4. The Morgan fingerprint density at radius 3 is 2.10 bits per heavy atom. The van der Waals surface area contributed by atoms with Crippen molar-refractivity contribution in [2.75, 3.05) is 10.8 Å². The molecule has 1 N–H and O–H groups in total. The van der Waals surface area contributed by atoms with Gasteiger partial charge < -0.3 is 10.2 Å². The van der Waals surface area contributed by atoms with Crippen molar-refractivity contribution in [2.45, 2.75) is 89.7 Å². The highest BCUT2D eigenvalue weighted by molar-refractivity contribution is 7.92. The van der Waals surface area contributed by atoms with E-state index in [9.17, 15) is 18.0 Å². The molecule has 7 nitrogen and oxygen atoms in total. The number of aryl methyl sites for hydroxylation is 4. The molecule has 4 aromatic rings. The van der Waals surface area contributed by atoms with Crippen molar-refractivity contribution in [3.8, 4) is 0 Å². The fourth-order valence-corrected chi connectivity index (χ4v) is 7.72. The fourth-order valence-electron chi connectivity index (χ4n) is 6.32. The number of benzene rings is 4. The van der Waals surface area contributed by atoms with Gasteiger partial charge in [-0.05, 0) is 92.6 Å². The van der Waals surface area contributed by atoms with Crippen LogP contribution in [0.5, 0.6) is 0 Å². The number of hydrogen-bond acceptors (Lipinski definition) is 4. The van der Waals surface area contributed by atoms with Crippen LogP contribution in [0, 0.1) is 27.7 Å². The van der Waals surface area contributed by atoms with Crippen molar-refractivity contribution in [3.05, 3.63) is 130 Å². The second-order valence-corrected chi connectivity index (χ2v) is 15.0. The molecule has 1 fully saturated rings. The summed E-state index contributed by atoms with van der Waals surface area (Å²) < 4.78 is 29.9. The van der Waals surface area contributed by atoms with Crippen molar-refractivity contribution >= 4 is 27.5 Å². The minimum atomic E-state index is -4.15. The molecule has 1 aliphatic rings. The standard InChI is InChI=1S/C40H47N3O4S/c1-29-19-23-37(24-20-29)48(46,47)43(36-22-21-30(2)32(4)25-36)28-39(44)42(27-34-16-12-11-13-31(34)3)38(26-33-14-7-5-8-15-33)40(45)41-35-17-9-6-10-18-35/h5,7-8,11-16,19-25,35,38H,6,9-10,17-18,26-28H2,1-4H3,(H,41,45)/t38-/m1/s1. The zero-order chi connectivity index (χ0) is 34.3. The van der Waals surface area contributed by atoms with E-state index in [1.54, 1.807) is 41.3 Å². The van der Waals surface area contributed by atoms with Crippen LogP contribution < -0.4 is 9.62 Å². The van der Waals surface area contributed by atoms with Gasteiger partial charge in [-0.1, -0.05) is 97.6 Å². The summed E-state index contributed by atoms with van der Waals surface area (Å²) in [4.78, 5) is 30.8. The molecule has 0 heterocycles. The molecule has 5 rings (SSSR count). The van der Waals surface area contributed by atoms with Crippen molar-refractivity contribution in [1.82, 2.24) is 10.2 Å². The molecule has 0 unspecified atom stereocenters. The summed E-state index contributed by atoms with van der Waals surface area (Å²) in [7, 11) is -4.15. The molecule has 8 heteroatoms. The van der Waals surface area contributed by atoms with Gasteiger partial charge in [0.25, 0.3) is 10.0 Å². The van der Waals surface area contributed by atoms with Crippen LogP contribution in [0.2, 0.25) is 0 Å². The molecule has 1 saturated carbocycles. The highest BCUT2D eigenvalue weighted by Crippen LogP contribution is 2.28. The average molecular weight is 666 g/mol. The molecular formula is C40H47N3O4S. The van der Waals surface area contributed by atoms with E-state index in [1.807, 2.05) is 88.4 Å². The number of sulfonamides is 1. The predicted molar refractivity (Wildman–Crippen MR) is 192 cm³/mol. The summed E-state index contributed by atoms with van der Waals surface area (Å²) >= 11 is 0.